The molecule has 1 unspecified atom stereocenters. The average Bonchev–Trinajstić information content (AvgIpc) is 2.79. The van der Waals surface area contributed by atoms with E-state index in [1.54, 1.807) is 0 Å². The summed E-state index contributed by atoms with van der Waals surface area (Å²) in [6.45, 7) is 7.43. The number of hydrogen-bond donors (Lipinski definition) is 1. The Morgan fingerprint density at radius 3 is 2.58 bits per heavy atom. The molecule has 0 amide bonds. The minimum absolute atomic E-state index is 0.319. The molecule has 0 radical (unpaired) electrons. The molecule has 1 aromatic carbocycles. The van der Waals surface area contributed by atoms with Gasteiger partial charge >= 0.3 is 0 Å². The van der Waals surface area contributed by atoms with E-state index in [-0.39, 0.29) is 0 Å². The summed E-state index contributed by atoms with van der Waals surface area (Å²) in [7, 11) is 2.00. The highest BCUT2D eigenvalue weighted by Gasteiger charge is 2.14. The van der Waals surface area contributed by atoms with Gasteiger partial charge in [0.1, 0.15) is 0 Å². The fourth-order valence-electron chi connectivity index (χ4n) is 2.42. The molecular weight excluding hydrogens is 234 g/mol. The van der Waals surface area contributed by atoms with Crippen molar-refractivity contribution >= 4 is 0 Å². The van der Waals surface area contributed by atoms with Crippen molar-refractivity contribution in [1.82, 2.24) is 15.1 Å². The van der Waals surface area contributed by atoms with E-state index in [9.17, 15) is 0 Å². The molecule has 1 heterocycles. The summed E-state index contributed by atoms with van der Waals surface area (Å²) in [5.74, 6) is 0. The number of benzene rings is 1. The SMILES string of the molecule is CCNC(Cc1ccc(C)c(C)c1)c1ccnn1C. The minimum Gasteiger partial charge on any atom is -0.309 e. The van der Waals surface area contributed by atoms with Gasteiger partial charge in [-0.2, -0.15) is 5.10 Å². The smallest absolute Gasteiger partial charge is 0.0553 e. The predicted octanol–water partition coefficient (Wildman–Crippen LogP) is 2.93. The third-order valence-corrected chi connectivity index (χ3v) is 3.68. The van der Waals surface area contributed by atoms with Crippen LogP contribution >= 0.6 is 0 Å². The van der Waals surface area contributed by atoms with E-state index in [0.29, 0.717) is 6.04 Å². The van der Waals surface area contributed by atoms with Crippen LogP contribution in [0.3, 0.4) is 0 Å². The monoisotopic (exact) mass is 257 g/mol. The van der Waals surface area contributed by atoms with Crippen LogP contribution in [-0.2, 0) is 13.5 Å². The zero-order valence-corrected chi connectivity index (χ0v) is 12.3. The normalized spacial score (nSPS) is 12.6. The lowest BCUT2D eigenvalue weighted by molar-refractivity contribution is 0.508. The van der Waals surface area contributed by atoms with Crippen LogP contribution in [0.25, 0.3) is 0 Å². The highest BCUT2D eigenvalue weighted by atomic mass is 15.3. The van der Waals surface area contributed by atoms with Crippen LogP contribution in [0.2, 0.25) is 0 Å². The Morgan fingerprint density at radius 1 is 1.21 bits per heavy atom. The van der Waals surface area contributed by atoms with Crippen molar-refractivity contribution in [3.05, 3.63) is 52.8 Å². The third kappa shape index (κ3) is 3.24. The van der Waals surface area contributed by atoms with Crippen LogP contribution in [0.5, 0.6) is 0 Å². The second kappa shape index (κ2) is 6.02. The lowest BCUT2D eigenvalue weighted by Gasteiger charge is -2.19. The number of nitrogens with one attached hydrogen (secondary N) is 1. The van der Waals surface area contributed by atoms with Gasteiger partial charge in [0.2, 0.25) is 0 Å². The maximum atomic E-state index is 4.27. The Morgan fingerprint density at radius 2 is 2.00 bits per heavy atom. The highest BCUT2D eigenvalue weighted by Crippen LogP contribution is 2.19. The summed E-state index contributed by atoms with van der Waals surface area (Å²) in [5, 5.41) is 7.82. The van der Waals surface area contributed by atoms with E-state index >= 15 is 0 Å². The standard InChI is InChI=1S/C16H23N3/c1-5-17-15(16-8-9-18-19(16)4)11-14-7-6-12(2)13(3)10-14/h6-10,15,17H,5,11H2,1-4H3. The number of likely N-dealkylation sites (N-methyl/N-ethyl adjacent to an activating group) is 1. The van der Waals surface area contributed by atoms with Crippen molar-refractivity contribution in [3.63, 3.8) is 0 Å². The molecule has 0 saturated heterocycles. The van der Waals surface area contributed by atoms with Crippen molar-refractivity contribution in [1.29, 1.82) is 0 Å². The molecular formula is C16H23N3. The first-order valence-electron chi connectivity index (χ1n) is 6.89. The molecule has 19 heavy (non-hydrogen) atoms. The molecule has 1 atom stereocenters. The quantitative estimate of drug-likeness (QED) is 0.892. The number of hydrogen-bond acceptors (Lipinski definition) is 2. The molecule has 0 bridgehead atoms. The van der Waals surface area contributed by atoms with E-state index in [0.717, 1.165) is 13.0 Å². The van der Waals surface area contributed by atoms with Crippen LogP contribution in [0, 0.1) is 13.8 Å². The van der Waals surface area contributed by atoms with Gasteiger partial charge in [-0.3, -0.25) is 4.68 Å². The maximum Gasteiger partial charge on any atom is 0.0553 e. The molecule has 3 nitrogen and oxygen atoms in total. The van der Waals surface area contributed by atoms with Crippen molar-refractivity contribution in [2.75, 3.05) is 6.54 Å². The molecule has 1 N–H and O–H groups in total. The molecule has 2 rings (SSSR count). The van der Waals surface area contributed by atoms with Crippen molar-refractivity contribution in [3.8, 4) is 0 Å². The van der Waals surface area contributed by atoms with E-state index in [2.05, 4.69) is 55.5 Å². The lowest BCUT2D eigenvalue weighted by atomic mass is 9.99. The van der Waals surface area contributed by atoms with Crippen LogP contribution in [-0.4, -0.2) is 16.3 Å². The largest absolute Gasteiger partial charge is 0.309 e. The molecule has 1 aromatic heterocycles. The Kier molecular flexibility index (Phi) is 4.38. The molecule has 0 aliphatic rings. The van der Waals surface area contributed by atoms with Gasteiger partial charge in [-0.05, 0) is 49.6 Å². The van der Waals surface area contributed by atoms with Crippen LogP contribution < -0.4 is 5.32 Å². The van der Waals surface area contributed by atoms with Crippen molar-refractivity contribution in [2.45, 2.75) is 33.2 Å². The molecule has 2 aromatic rings. The van der Waals surface area contributed by atoms with Crippen LogP contribution in [0.15, 0.2) is 30.5 Å². The van der Waals surface area contributed by atoms with Gasteiger partial charge in [0.15, 0.2) is 0 Å². The first-order valence-corrected chi connectivity index (χ1v) is 6.89. The van der Waals surface area contributed by atoms with Crippen molar-refractivity contribution in [2.24, 2.45) is 7.05 Å². The first kappa shape index (κ1) is 13.8. The Hall–Kier alpha value is -1.61. The van der Waals surface area contributed by atoms with Crippen molar-refractivity contribution < 1.29 is 0 Å². The van der Waals surface area contributed by atoms with Crippen LogP contribution in [0.1, 0.15) is 35.3 Å². The van der Waals surface area contributed by atoms with E-state index < -0.39 is 0 Å². The highest BCUT2D eigenvalue weighted by molar-refractivity contribution is 5.31. The summed E-state index contributed by atoms with van der Waals surface area (Å²) >= 11 is 0. The van der Waals surface area contributed by atoms with Gasteiger partial charge in [0, 0.05) is 13.2 Å². The fraction of sp³-hybridized carbons (Fsp3) is 0.438. The number of aryl methyl sites for hydroxylation is 3. The minimum atomic E-state index is 0.319. The van der Waals surface area contributed by atoms with E-state index in [1.165, 1.54) is 22.4 Å². The zero-order valence-electron chi connectivity index (χ0n) is 12.3. The molecule has 0 spiro atoms. The Labute approximate surface area is 115 Å². The molecule has 3 heteroatoms. The molecule has 0 aliphatic carbocycles. The predicted molar refractivity (Wildman–Crippen MR) is 79.2 cm³/mol. The second-order valence-electron chi connectivity index (χ2n) is 5.11. The van der Waals surface area contributed by atoms with Gasteiger partial charge < -0.3 is 5.32 Å². The molecule has 0 saturated carbocycles. The first-order chi connectivity index (χ1) is 9.11. The second-order valence-corrected chi connectivity index (χ2v) is 5.11. The summed E-state index contributed by atoms with van der Waals surface area (Å²) in [6.07, 6.45) is 2.86. The fourth-order valence-corrected chi connectivity index (χ4v) is 2.42. The Bertz CT molecular complexity index is 543. The molecule has 0 aliphatic heterocycles. The van der Waals surface area contributed by atoms with E-state index in [4.69, 9.17) is 0 Å². The van der Waals surface area contributed by atoms with E-state index in [1.807, 2.05) is 17.9 Å². The van der Waals surface area contributed by atoms with Gasteiger partial charge in [0.25, 0.3) is 0 Å². The summed E-state index contributed by atoms with van der Waals surface area (Å²) in [5.41, 5.74) is 5.32. The number of aromatic nitrogens is 2. The third-order valence-electron chi connectivity index (χ3n) is 3.68. The topological polar surface area (TPSA) is 29.9 Å². The summed E-state index contributed by atoms with van der Waals surface area (Å²) in [6, 6.07) is 9.13. The molecule has 102 valence electrons. The summed E-state index contributed by atoms with van der Waals surface area (Å²) in [4.78, 5) is 0. The van der Waals surface area contributed by atoms with Gasteiger partial charge in [-0.15, -0.1) is 0 Å². The van der Waals surface area contributed by atoms with Gasteiger partial charge in [-0.25, -0.2) is 0 Å². The molecule has 0 fully saturated rings. The zero-order chi connectivity index (χ0) is 13.8. The average molecular weight is 257 g/mol. The number of nitrogens with zero attached hydrogens (tertiary/aromatic N) is 2. The van der Waals surface area contributed by atoms with Crippen LogP contribution in [0.4, 0.5) is 0 Å². The summed E-state index contributed by atoms with van der Waals surface area (Å²) < 4.78 is 1.95. The maximum absolute atomic E-state index is 4.27. The number of rotatable bonds is 5. The van der Waals surface area contributed by atoms with Gasteiger partial charge in [-0.1, -0.05) is 25.1 Å². The lowest BCUT2D eigenvalue weighted by Crippen LogP contribution is -2.25. The Balaban J connectivity index is 2.21. The van der Waals surface area contributed by atoms with Gasteiger partial charge in [0.05, 0.1) is 11.7 Å².